The minimum absolute atomic E-state index is 0.629. The number of hydrogen-bond donors (Lipinski definition) is 1. The molecule has 3 aromatic rings. The second-order valence-electron chi connectivity index (χ2n) is 6.80. The highest BCUT2D eigenvalue weighted by molar-refractivity contribution is 5.54. The molecule has 1 aliphatic heterocycles. The van der Waals surface area contributed by atoms with Crippen molar-refractivity contribution in [3.8, 4) is 11.4 Å². The summed E-state index contributed by atoms with van der Waals surface area (Å²) >= 11 is 0. The third-order valence-electron chi connectivity index (χ3n) is 4.85. The zero-order chi connectivity index (χ0) is 18.5. The summed E-state index contributed by atoms with van der Waals surface area (Å²) in [4.78, 5) is 6.93. The molecular formula is C21H24N4O2. The normalized spacial score (nSPS) is 15.1. The molecule has 2 N–H and O–H groups in total. The fourth-order valence-electron chi connectivity index (χ4n) is 3.25. The van der Waals surface area contributed by atoms with Crippen molar-refractivity contribution >= 4 is 5.69 Å². The van der Waals surface area contributed by atoms with Gasteiger partial charge in [0.2, 0.25) is 11.7 Å². The molecule has 0 spiro atoms. The van der Waals surface area contributed by atoms with Gasteiger partial charge in [0.25, 0.3) is 0 Å². The second-order valence-corrected chi connectivity index (χ2v) is 6.80. The van der Waals surface area contributed by atoms with Gasteiger partial charge in [-0.15, -0.1) is 0 Å². The molecule has 0 bridgehead atoms. The van der Waals surface area contributed by atoms with Gasteiger partial charge in [0.1, 0.15) is 0 Å². The van der Waals surface area contributed by atoms with Crippen molar-refractivity contribution in [2.45, 2.75) is 19.4 Å². The highest BCUT2D eigenvalue weighted by Crippen LogP contribution is 2.19. The van der Waals surface area contributed by atoms with E-state index in [0.717, 1.165) is 56.1 Å². The Hall–Kier alpha value is -2.70. The van der Waals surface area contributed by atoms with Crippen LogP contribution >= 0.6 is 0 Å². The molecule has 0 unspecified atom stereocenters. The SMILES string of the molecule is Nc1ccccc1CCc1nc(-c2ccc(CN3CCOCC3)cc2)no1. The molecular weight excluding hydrogens is 340 g/mol. The molecule has 1 aromatic heterocycles. The quantitative estimate of drug-likeness (QED) is 0.678. The average molecular weight is 364 g/mol. The van der Waals surface area contributed by atoms with E-state index >= 15 is 0 Å². The van der Waals surface area contributed by atoms with Crippen LogP contribution in [-0.4, -0.2) is 41.3 Å². The summed E-state index contributed by atoms with van der Waals surface area (Å²) in [6.07, 6.45) is 1.46. The van der Waals surface area contributed by atoms with Gasteiger partial charge in [0.15, 0.2) is 0 Å². The summed E-state index contributed by atoms with van der Waals surface area (Å²) in [6, 6.07) is 16.2. The Balaban J connectivity index is 1.37. The molecule has 0 atom stereocenters. The third-order valence-corrected chi connectivity index (χ3v) is 4.85. The van der Waals surface area contributed by atoms with Crippen molar-refractivity contribution in [1.29, 1.82) is 0 Å². The Kier molecular flexibility index (Phi) is 5.46. The van der Waals surface area contributed by atoms with E-state index in [1.54, 1.807) is 0 Å². The van der Waals surface area contributed by atoms with Gasteiger partial charge in [0, 0.05) is 37.3 Å². The van der Waals surface area contributed by atoms with Gasteiger partial charge >= 0.3 is 0 Å². The molecule has 27 heavy (non-hydrogen) atoms. The molecule has 0 amide bonds. The summed E-state index contributed by atoms with van der Waals surface area (Å²) in [5.41, 5.74) is 10.1. The lowest BCUT2D eigenvalue weighted by atomic mass is 10.1. The van der Waals surface area contributed by atoms with Crippen molar-refractivity contribution in [1.82, 2.24) is 15.0 Å². The smallest absolute Gasteiger partial charge is 0.227 e. The van der Waals surface area contributed by atoms with E-state index < -0.39 is 0 Å². The van der Waals surface area contributed by atoms with Crippen LogP contribution in [0, 0.1) is 0 Å². The highest BCUT2D eigenvalue weighted by Gasteiger charge is 2.12. The largest absolute Gasteiger partial charge is 0.399 e. The van der Waals surface area contributed by atoms with Gasteiger partial charge < -0.3 is 15.0 Å². The van der Waals surface area contributed by atoms with Crippen molar-refractivity contribution in [2.24, 2.45) is 0 Å². The molecule has 6 nitrogen and oxygen atoms in total. The number of nitrogens with two attached hydrogens (primary N) is 1. The summed E-state index contributed by atoms with van der Waals surface area (Å²) < 4.78 is 10.8. The molecule has 140 valence electrons. The Morgan fingerprint density at radius 1 is 0.963 bits per heavy atom. The molecule has 1 saturated heterocycles. The number of nitrogens with zero attached hydrogens (tertiary/aromatic N) is 3. The van der Waals surface area contributed by atoms with Crippen LogP contribution in [-0.2, 0) is 24.1 Å². The van der Waals surface area contributed by atoms with Crippen LogP contribution in [0.1, 0.15) is 17.0 Å². The number of aryl methyl sites for hydroxylation is 2. The van der Waals surface area contributed by atoms with Crippen LogP contribution in [0.5, 0.6) is 0 Å². The van der Waals surface area contributed by atoms with Gasteiger partial charge in [-0.05, 0) is 23.6 Å². The minimum Gasteiger partial charge on any atom is -0.399 e. The summed E-state index contributed by atoms with van der Waals surface area (Å²) in [5, 5.41) is 4.12. The number of rotatable bonds is 6. The number of ether oxygens (including phenoxy) is 1. The average Bonchev–Trinajstić information content (AvgIpc) is 3.18. The van der Waals surface area contributed by atoms with E-state index in [9.17, 15) is 0 Å². The first-order valence-electron chi connectivity index (χ1n) is 9.33. The predicted molar refractivity (Wildman–Crippen MR) is 104 cm³/mol. The van der Waals surface area contributed by atoms with E-state index in [-0.39, 0.29) is 0 Å². The number of benzene rings is 2. The fraction of sp³-hybridized carbons (Fsp3) is 0.333. The lowest BCUT2D eigenvalue weighted by Crippen LogP contribution is -2.35. The first-order valence-corrected chi connectivity index (χ1v) is 9.33. The Morgan fingerprint density at radius 3 is 2.52 bits per heavy atom. The summed E-state index contributed by atoms with van der Waals surface area (Å²) in [6.45, 7) is 4.56. The maximum Gasteiger partial charge on any atom is 0.227 e. The van der Waals surface area contributed by atoms with Crippen LogP contribution in [0.3, 0.4) is 0 Å². The molecule has 1 aliphatic rings. The number of hydrogen-bond acceptors (Lipinski definition) is 6. The van der Waals surface area contributed by atoms with Gasteiger partial charge in [0.05, 0.1) is 13.2 Å². The van der Waals surface area contributed by atoms with Crippen LogP contribution in [0.4, 0.5) is 5.69 Å². The van der Waals surface area contributed by atoms with Crippen molar-refractivity contribution < 1.29 is 9.26 Å². The van der Waals surface area contributed by atoms with Gasteiger partial charge in [-0.3, -0.25) is 4.90 Å². The lowest BCUT2D eigenvalue weighted by molar-refractivity contribution is 0.0342. The zero-order valence-electron chi connectivity index (χ0n) is 15.3. The van der Waals surface area contributed by atoms with Crippen molar-refractivity contribution in [2.75, 3.05) is 32.0 Å². The van der Waals surface area contributed by atoms with Gasteiger partial charge in [-0.2, -0.15) is 4.98 Å². The monoisotopic (exact) mass is 364 g/mol. The molecule has 0 saturated carbocycles. The van der Waals surface area contributed by atoms with Crippen LogP contribution in [0.2, 0.25) is 0 Å². The predicted octanol–water partition coefficient (Wildman–Crippen LogP) is 2.94. The number of morpholine rings is 1. The molecule has 4 rings (SSSR count). The van der Waals surface area contributed by atoms with E-state index in [1.807, 2.05) is 24.3 Å². The number of nitrogen functional groups attached to an aromatic ring is 1. The maximum absolute atomic E-state index is 5.99. The van der Waals surface area contributed by atoms with Gasteiger partial charge in [-0.1, -0.05) is 47.6 Å². The minimum atomic E-state index is 0.629. The Morgan fingerprint density at radius 2 is 1.74 bits per heavy atom. The van der Waals surface area contributed by atoms with Crippen LogP contribution in [0.15, 0.2) is 53.1 Å². The van der Waals surface area contributed by atoms with E-state index in [0.29, 0.717) is 18.1 Å². The number of para-hydroxylation sites is 1. The Labute approximate surface area is 158 Å². The maximum atomic E-state index is 5.99. The first kappa shape index (κ1) is 17.7. The molecule has 2 heterocycles. The van der Waals surface area contributed by atoms with Crippen LogP contribution < -0.4 is 5.73 Å². The van der Waals surface area contributed by atoms with Crippen molar-refractivity contribution in [3.05, 3.63) is 65.5 Å². The standard InChI is InChI=1S/C21H24N4O2/c22-19-4-2-1-3-17(19)9-10-20-23-21(24-27-20)18-7-5-16(6-8-18)15-25-11-13-26-14-12-25/h1-8H,9-15,22H2. The molecule has 0 radical (unpaired) electrons. The first-order chi connectivity index (χ1) is 13.3. The Bertz CT molecular complexity index is 870. The molecule has 0 aliphatic carbocycles. The molecule has 1 fully saturated rings. The van der Waals surface area contributed by atoms with E-state index in [1.165, 1.54) is 5.56 Å². The third kappa shape index (κ3) is 4.53. The summed E-state index contributed by atoms with van der Waals surface area (Å²) in [7, 11) is 0. The van der Waals surface area contributed by atoms with E-state index in [4.69, 9.17) is 15.0 Å². The van der Waals surface area contributed by atoms with Gasteiger partial charge in [-0.25, -0.2) is 0 Å². The lowest BCUT2D eigenvalue weighted by Gasteiger charge is -2.26. The molecule has 2 aromatic carbocycles. The van der Waals surface area contributed by atoms with E-state index in [2.05, 4.69) is 39.3 Å². The zero-order valence-corrected chi connectivity index (χ0v) is 15.3. The molecule has 6 heteroatoms. The second kappa shape index (κ2) is 8.33. The van der Waals surface area contributed by atoms with Crippen LogP contribution in [0.25, 0.3) is 11.4 Å². The highest BCUT2D eigenvalue weighted by atomic mass is 16.5. The number of aromatic nitrogens is 2. The number of anilines is 1. The topological polar surface area (TPSA) is 77.4 Å². The van der Waals surface area contributed by atoms with Crippen molar-refractivity contribution in [3.63, 3.8) is 0 Å². The fourth-order valence-corrected chi connectivity index (χ4v) is 3.25. The summed E-state index contributed by atoms with van der Waals surface area (Å²) in [5.74, 6) is 1.26.